The number of hydrogen-bond acceptors (Lipinski definition) is 6. The van der Waals surface area contributed by atoms with E-state index < -0.39 is 6.10 Å². The first-order valence-electron chi connectivity index (χ1n) is 24.3. The molecule has 1 unspecified atom stereocenters. The minimum Gasteiger partial charge on any atom is -0.462 e. The van der Waals surface area contributed by atoms with Gasteiger partial charge in [-0.15, -0.1) is 0 Å². The van der Waals surface area contributed by atoms with Gasteiger partial charge in [0, 0.05) is 19.3 Å². The van der Waals surface area contributed by atoms with Gasteiger partial charge in [-0.3, -0.25) is 14.4 Å². The van der Waals surface area contributed by atoms with E-state index in [1.165, 1.54) is 154 Å². The van der Waals surface area contributed by atoms with Crippen LogP contribution < -0.4 is 0 Å². The Morgan fingerprint density at radius 1 is 0.382 bits per heavy atom. The lowest BCUT2D eigenvalue weighted by atomic mass is 9.99. The van der Waals surface area contributed by atoms with Crippen LogP contribution in [0, 0.1) is 11.8 Å². The van der Waals surface area contributed by atoms with Gasteiger partial charge >= 0.3 is 17.9 Å². The number of carbonyl (C=O) groups excluding carboxylic acids is 3. The van der Waals surface area contributed by atoms with E-state index in [1.54, 1.807) is 0 Å². The van der Waals surface area contributed by atoms with E-state index >= 15 is 0 Å². The number of hydrogen-bond donors (Lipinski definition) is 0. The zero-order valence-electron chi connectivity index (χ0n) is 37.6. The molecule has 0 rings (SSSR count). The van der Waals surface area contributed by atoms with Crippen molar-refractivity contribution < 1.29 is 28.6 Å². The lowest BCUT2D eigenvalue weighted by Gasteiger charge is -2.18. The second kappa shape index (κ2) is 42.0. The van der Waals surface area contributed by atoms with Gasteiger partial charge in [-0.05, 0) is 31.1 Å². The highest BCUT2D eigenvalue weighted by molar-refractivity contribution is 5.71. The summed E-state index contributed by atoms with van der Waals surface area (Å²) in [5, 5.41) is 0. The predicted molar refractivity (Wildman–Crippen MR) is 233 cm³/mol. The molecule has 326 valence electrons. The van der Waals surface area contributed by atoms with Crippen LogP contribution >= 0.6 is 0 Å². The molecule has 2 atom stereocenters. The molecule has 6 nitrogen and oxygen atoms in total. The van der Waals surface area contributed by atoms with Gasteiger partial charge in [0.05, 0.1) is 0 Å². The molecule has 0 aliphatic carbocycles. The van der Waals surface area contributed by atoms with Crippen LogP contribution in [0.25, 0.3) is 0 Å². The van der Waals surface area contributed by atoms with E-state index in [-0.39, 0.29) is 31.1 Å². The first kappa shape index (κ1) is 53.4. The van der Waals surface area contributed by atoms with Crippen molar-refractivity contribution in [3.8, 4) is 0 Å². The van der Waals surface area contributed by atoms with Crippen molar-refractivity contribution in [2.45, 2.75) is 272 Å². The van der Waals surface area contributed by atoms with Crippen LogP contribution in [0.1, 0.15) is 266 Å². The maximum absolute atomic E-state index is 12.7. The van der Waals surface area contributed by atoms with Crippen LogP contribution in [0.2, 0.25) is 0 Å². The number of esters is 3. The van der Waals surface area contributed by atoms with Gasteiger partial charge in [0.1, 0.15) is 13.2 Å². The summed E-state index contributed by atoms with van der Waals surface area (Å²) in [4.78, 5) is 37.7. The monoisotopic (exact) mass is 779 g/mol. The second-order valence-corrected chi connectivity index (χ2v) is 17.5. The molecule has 0 aliphatic rings. The van der Waals surface area contributed by atoms with E-state index in [2.05, 4.69) is 34.6 Å². The molecule has 0 aromatic rings. The predicted octanol–water partition coefficient (Wildman–Crippen LogP) is 15.4. The maximum Gasteiger partial charge on any atom is 0.306 e. The summed E-state index contributed by atoms with van der Waals surface area (Å²) >= 11 is 0. The zero-order chi connectivity index (χ0) is 40.5. The van der Waals surface area contributed by atoms with Gasteiger partial charge in [0.2, 0.25) is 0 Å². The second-order valence-electron chi connectivity index (χ2n) is 17.5. The molecular weight excluding hydrogens is 685 g/mol. The summed E-state index contributed by atoms with van der Waals surface area (Å²) < 4.78 is 16.7. The molecular formula is C49H94O6. The summed E-state index contributed by atoms with van der Waals surface area (Å²) in [5.41, 5.74) is 0. The summed E-state index contributed by atoms with van der Waals surface area (Å²) in [6.45, 7) is 11.3. The van der Waals surface area contributed by atoms with Gasteiger partial charge in [-0.1, -0.05) is 227 Å². The number of carbonyl (C=O) groups is 3. The molecule has 0 saturated carbocycles. The number of rotatable bonds is 43. The lowest BCUT2D eigenvalue weighted by Crippen LogP contribution is -2.30. The average Bonchev–Trinajstić information content (AvgIpc) is 3.17. The molecule has 0 aromatic heterocycles. The first-order chi connectivity index (χ1) is 26.8. The van der Waals surface area contributed by atoms with Gasteiger partial charge in [-0.2, -0.15) is 0 Å². The molecule has 0 bridgehead atoms. The van der Waals surface area contributed by atoms with Crippen molar-refractivity contribution in [3.05, 3.63) is 0 Å². The Morgan fingerprint density at radius 3 is 1.04 bits per heavy atom. The highest BCUT2D eigenvalue weighted by Gasteiger charge is 2.19. The van der Waals surface area contributed by atoms with Crippen LogP contribution in [0.5, 0.6) is 0 Å². The highest BCUT2D eigenvalue weighted by Crippen LogP contribution is 2.17. The van der Waals surface area contributed by atoms with Crippen LogP contribution in [0.3, 0.4) is 0 Å². The first-order valence-corrected chi connectivity index (χ1v) is 24.3. The van der Waals surface area contributed by atoms with E-state index in [0.29, 0.717) is 19.3 Å². The third kappa shape index (κ3) is 41.9. The molecule has 0 radical (unpaired) electrons. The van der Waals surface area contributed by atoms with Gasteiger partial charge in [-0.25, -0.2) is 0 Å². The topological polar surface area (TPSA) is 78.9 Å². The molecule has 6 heteroatoms. The molecule has 55 heavy (non-hydrogen) atoms. The number of ether oxygens (including phenoxy) is 3. The smallest absolute Gasteiger partial charge is 0.306 e. The van der Waals surface area contributed by atoms with Crippen LogP contribution in [-0.2, 0) is 28.6 Å². The lowest BCUT2D eigenvalue weighted by molar-refractivity contribution is -0.167. The normalized spacial score (nSPS) is 12.5. The molecule has 0 saturated heterocycles. The van der Waals surface area contributed by atoms with Crippen LogP contribution in [0.4, 0.5) is 0 Å². The standard InChI is InChI=1S/C49H94O6/c1-6-8-9-10-22-29-34-39-47(50)53-42-46(55-49(52)41-36-31-26-21-17-18-23-27-32-37-44(3)4)43-54-48(51)40-35-30-25-20-16-14-12-11-13-15-19-24-28-33-38-45(5)7-2/h44-46H,6-43H2,1-5H3/t45?,46-/m0/s1. The number of unbranched alkanes of at least 4 members (excludes halogenated alkanes) is 27. The fourth-order valence-electron chi connectivity index (χ4n) is 7.25. The maximum atomic E-state index is 12.7. The minimum atomic E-state index is -0.760. The molecule has 0 fully saturated rings. The zero-order valence-corrected chi connectivity index (χ0v) is 37.6. The van der Waals surface area contributed by atoms with Gasteiger partial charge < -0.3 is 14.2 Å². The third-order valence-corrected chi connectivity index (χ3v) is 11.3. The fourth-order valence-corrected chi connectivity index (χ4v) is 7.25. The Bertz CT molecular complexity index is 841. The fraction of sp³-hybridized carbons (Fsp3) is 0.939. The van der Waals surface area contributed by atoms with Gasteiger partial charge in [0.25, 0.3) is 0 Å². The van der Waals surface area contributed by atoms with Crippen molar-refractivity contribution in [3.63, 3.8) is 0 Å². The van der Waals surface area contributed by atoms with Crippen LogP contribution in [0.15, 0.2) is 0 Å². The van der Waals surface area contributed by atoms with Gasteiger partial charge in [0.15, 0.2) is 6.10 Å². The Morgan fingerprint density at radius 2 is 0.691 bits per heavy atom. The summed E-state index contributed by atoms with van der Waals surface area (Å²) in [5.74, 6) is 0.841. The third-order valence-electron chi connectivity index (χ3n) is 11.3. The van der Waals surface area contributed by atoms with Crippen molar-refractivity contribution >= 4 is 17.9 Å². The molecule has 0 aliphatic heterocycles. The Kier molecular flexibility index (Phi) is 40.8. The Labute approximate surface area is 342 Å². The van der Waals surface area contributed by atoms with Crippen molar-refractivity contribution in [2.24, 2.45) is 11.8 Å². The Balaban J connectivity index is 4.20. The van der Waals surface area contributed by atoms with E-state index in [0.717, 1.165) is 69.6 Å². The quantitative estimate of drug-likeness (QED) is 0.0348. The largest absolute Gasteiger partial charge is 0.462 e. The van der Waals surface area contributed by atoms with Crippen molar-refractivity contribution in [2.75, 3.05) is 13.2 Å². The summed E-state index contributed by atoms with van der Waals surface area (Å²) in [6, 6.07) is 0. The molecule has 0 spiro atoms. The average molecular weight is 779 g/mol. The summed E-state index contributed by atoms with van der Waals surface area (Å²) in [6.07, 6.45) is 41.0. The van der Waals surface area contributed by atoms with E-state index in [9.17, 15) is 14.4 Å². The summed E-state index contributed by atoms with van der Waals surface area (Å²) in [7, 11) is 0. The highest BCUT2D eigenvalue weighted by atomic mass is 16.6. The molecule has 0 heterocycles. The molecule has 0 N–H and O–H groups in total. The SMILES string of the molecule is CCCCCCCCCC(=O)OC[C@@H](COC(=O)CCCCCCCCCCCCCCCCC(C)CC)OC(=O)CCCCCCCCCCCC(C)C. The molecule has 0 aromatic carbocycles. The van der Waals surface area contributed by atoms with E-state index in [1.807, 2.05) is 0 Å². The van der Waals surface area contributed by atoms with Crippen LogP contribution in [-0.4, -0.2) is 37.2 Å². The molecule has 0 amide bonds. The minimum absolute atomic E-state index is 0.0648. The van der Waals surface area contributed by atoms with E-state index in [4.69, 9.17) is 14.2 Å². The van der Waals surface area contributed by atoms with Crippen molar-refractivity contribution in [1.82, 2.24) is 0 Å². The van der Waals surface area contributed by atoms with Crippen molar-refractivity contribution in [1.29, 1.82) is 0 Å². The Hall–Kier alpha value is -1.59.